The van der Waals surface area contributed by atoms with Crippen molar-refractivity contribution in [3.63, 3.8) is 0 Å². The van der Waals surface area contributed by atoms with Crippen molar-refractivity contribution < 1.29 is 102 Å². The second-order valence-electron chi connectivity index (χ2n) is 31.6. The quantitative estimate of drug-likeness (QED) is 0.100. The zero-order chi connectivity index (χ0) is 80.9. The van der Waals surface area contributed by atoms with E-state index in [4.69, 9.17) is 9.47 Å². The maximum Gasteiger partial charge on any atom is 0.397 e. The van der Waals surface area contributed by atoms with Crippen LogP contribution in [0.4, 0.5) is 35.1 Å². The number of nitrogens with one attached hydrogen (secondary N) is 3. The number of hydrogen-bond acceptors (Lipinski definition) is 14. The number of alkyl halides is 8. The van der Waals surface area contributed by atoms with E-state index in [1.54, 1.807) is 32.9 Å². The molecule has 0 aromatic heterocycles. The third kappa shape index (κ3) is 21.9. The van der Waals surface area contributed by atoms with Crippen LogP contribution in [0.1, 0.15) is 169 Å². The van der Waals surface area contributed by atoms with E-state index in [1.807, 2.05) is 6.92 Å². The molecule has 34 heteroatoms. The highest BCUT2D eigenvalue weighted by Crippen LogP contribution is 2.46. The summed E-state index contributed by atoms with van der Waals surface area (Å²) in [6, 6.07) is -11.7. The highest BCUT2D eigenvalue weighted by molar-refractivity contribution is 6.01. The first-order chi connectivity index (χ1) is 51.2. The van der Waals surface area contributed by atoms with Gasteiger partial charge in [0.1, 0.15) is 72.1 Å². The Bertz CT molecular complexity index is 3230. The first kappa shape index (κ1) is 88.9. The Balaban J connectivity index is 1.33. The monoisotopic (exact) mass is 1560 g/mol. The average Bonchev–Trinajstić information content (AvgIpc) is 1.73. The molecule has 26 nitrogen and oxygen atoms in total. The Morgan fingerprint density at radius 3 is 1.85 bits per heavy atom. The van der Waals surface area contributed by atoms with E-state index in [2.05, 4.69) is 16.0 Å². The molecule has 616 valence electrons. The maximum atomic E-state index is 15.5. The first-order valence-electron chi connectivity index (χ1n) is 38.8. The number of carbonyl (C=O) groups is 12. The fourth-order valence-corrected chi connectivity index (χ4v) is 16.8. The summed E-state index contributed by atoms with van der Waals surface area (Å²) in [7, 11) is 10.7. The van der Waals surface area contributed by atoms with Crippen molar-refractivity contribution in [3.05, 3.63) is 12.2 Å². The van der Waals surface area contributed by atoms with Crippen LogP contribution >= 0.6 is 0 Å². The number of amides is 12. The molecule has 12 amide bonds. The van der Waals surface area contributed by atoms with Crippen LogP contribution in [0, 0.1) is 35.5 Å². The second kappa shape index (κ2) is 38.8. The molecule has 4 saturated carbocycles. The lowest BCUT2D eigenvalue weighted by atomic mass is 9.74. The number of fused-ring (bicyclic) bond motifs is 3. The SMILES string of the molecule is CCCOC[C@H]1C(=O)N[C@@H]([C@@H](C)CC)C(=O)N(C)CC(=O)N(C)[C@H]2C/C=C\CCN(C2=O)[C@@H](CC2CCC(C(F)(F)F)CC2)C(=O)N(C)CC(=O)N[C@@H](CCC2CC(F)C(C(F)(F)F)C(F)C2)C(=O)N2C[C@H](OCC)C[C@H]2C(=O)NC2(CCC2)C(=O)N(C)[C@@H](C2CCCC2)C(=O)N(C)[C@H](C(=O)N(C)C)CC(=O)N1C. The summed E-state index contributed by atoms with van der Waals surface area (Å²) in [5.41, 5.74) is -1.70. The normalized spacial score (nSPS) is 31.7. The molecular weight excluding hydrogens is 1440 g/mol. The molecule has 1 spiro atoms. The summed E-state index contributed by atoms with van der Waals surface area (Å²) >= 11 is 0. The zero-order valence-electron chi connectivity index (χ0n) is 65.2. The minimum atomic E-state index is -5.22. The molecule has 7 aliphatic rings. The van der Waals surface area contributed by atoms with Crippen LogP contribution in [-0.2, 0) is 67.0 Å². The van der Waals surface area contributed by atoms with Gasteiger partial charge in [0, 0.05) is 89.1 Å². The van der Waals surface area contributed by atoms with E-state index in [0.717, 1.165) is 29.4 Å². The summed E-state index contributed by atoms with van der Waals surface area (Å²) in [5.74, 6) is -17.2. The van der Waals surface area contributed by atoms with E-state index in [1.165, 1.54) is 71.1 Å². The van der Waals surface area contributed by atoms with Gasteiger partial charge in [0.2, 0.25) is 70.9 Å². The Labute approximate surface area is 634 Å². The average molecular weight is 1560 g/mol. The molecule has 109 heavy (non-hydrogen) atoms. The van der Waals surface area contributed by atoms with Gasteiger partial charge >= 0.3 is 12.4 Å². The molecule has 3 N–H and O–H groups in total. The standard InChI is InChI=1S/C75H116F8N12O14/c1-13-34-108-43-57-64(99)85-62(44(4)14-2)70(105)89(8)42-60(98)90(9)53-24-17-16-20-33-94(69(53)104)56(37-45-25-28-48(29-26-45)74(78,79)80)68(103)88(7)41-58(96)84-52(30-27-46-35-50(76)61(51(77)36-46)75(81,82)83)66(101)95-40-49(109-15-3)38-54(95)65(100)86-73(31-21-32-73)72(107)93(12)63(47-22-18-19-23-47)71(106)92(11)55(67(102)87(5)6)39-59(97)91(57)10/h16-17,44-57,61-63H,13-15,18-43H2,1-12H3,(H,84,96)(H,85,99)(H,86,100)/b17-16-/t44-,45?,46?,48?,49+,50?,51?,52-,53-,54-,55-,56-,57-,61?,62-,63-/m0/s1. The zero-order valence-corrected chi connectivity index (χ0v) is 65.2. The topological polar surface area (TPSA) is 289 Å². The molecule has 7 rings (SSSR count). The predicted octanol–water partition coefficient (Wildman–Crippen LogP) is 5.73. The van der Waals surface area contributed by atoms with E-state index >= 15 is 37.5 Å². The maximum absolute atomic E-state index is 15.5. The van der Waals surface area contributed by atoms with Crippen LogP contribution in [-0.4, -0.2) is 302 Å². The fraction of sp³-hybridized carbons (Fsp3) is 0.813. The predicted molar refractivity (Wildman–Crippen MR) is 383 cm³/mol. The van der Waals surface area contributed by atoms with Crippen molar-refractivity contribution in [2.24, 2.45) is 35.5 Å². The molecule has 6 fully saturated rings. The van der Waals surface area contributed by atoms with Gasteiger partial charge in [-0.05, 0) is 140 Å². The van der Waals surface area contributed by atoms with Gasteiger partial charge in [-0.25, -0.2) is 8.78 Å². The molecule has 2 bridgehead atoms. The first-order valence-corrected chi connectivity index (χ1v) is 38.8. The van der Waals surface area contributed by atoms with Gasteiger partial charge < -0.3 is 69.5 Å². The van der Waals surface area contributed by atoms with Gasteiger partial charge in [0.15, 0.2) is 0 Å². The molecule has 2 saturated heterocycles. The molecule has 3 heterocycles. The summed E-state index contributed by atoms with van der Waals surface area (Å²) in [6.07, 6.45) is -13.0. The van der Waals surface area contributed by atoms with Gasteiger partial charge in [0.05, 0.1) is 38.1 Å². The molecule has 12 atom stereocenters. The highest BCUT2D eigenvalue weighted by atomic mass is 19.4. The summed E-state index contributed by atoms with van der Waals surface area (Å²) in [5, 5.41) is 8.34. The van der Waals surface area contributed by atoms with Gasteiger partial charge in [-0.1, -0.05) is 52.2 Å². The Morgan fingerprint density at radius 1 is 0.651 bits per heavy atom. The van der Waals surface area contributed by atoms with Gasteiger partial charge in [-0.3, -0.25) is 57.5 Å². The summed E-state index contributed by atoms with van der Waals surface area (Å²) in [4.78, 5) is 191. The van der Waals surface area contributed by atoms with Crippen LogP contribution in [0.15, 0.2) is 12.2 Å². The number of carbonyl (C=O) groups excluding carboxylic acids is 12. The van der Waals surface area contributed by atoms with Crippen molar-refractivity contribution in [1.29, 1.82) is 0 Å². The van der Waals surface area contributed by atoms with Crippen molar-refractivity contribution in [2.75, 3.05) is 102 Å². The molecule has 4 aliphatic carbocycles. The number of ether oxygens (including phenoxy) is 2. The third-order valence-electron chi connectivity index (χ3n) is 23.8. The molecule has 3 aliphatic heterocycles. The van der Waals surface area contributed by atoms with Crippen LogP contribution < -0.4 is 16.0 Å². The number of likely N-dealkylation sites (N-methyl/N-ethyl adjacent to an activating group) is 7. The number of nitrogens with zero attached hydrogens (tertiary/aromatic N) is 9. The van der Waals surface area contributed by atoms with Crippen molar-refractivity contribution in [1.82, 2.24) is 60.0 Å². The summed E-state index contributed by atoms with van der Waals surface area (Å²) < 4.78 is 127. The molecule has 2 unspecified atom stereocenters. The van der Waals surface area contributed by atoms with E-state index in [-0.39, 0.29) is 96.9 Å². The largest absolute Gasteiger partial charge is 0.397 e. The third-order valence-corrected chi connectivity index (χ3v) is 23.8. The fourth-order valence-electron chi connectivity index (χ4n) is 16.8. The highest BCUT2D eigenvalue weighted by Gasteiger charge is 2.56. The Kier molecular flexibility index (Phi) is 31.7. The van der Waals surface area contributed by atoms with Gasteiger partial charge in [-0.15, -0.1) is 0 Å². The summed E-state index contributed by atoms with van der Waals surface area (Å²) in [6.45, 7) is 4.71. The van der Waals surface area contributed by atoms with E-state index < -0.39 is 236 Å². The molecular formula is C75H116F8N12O14. The number of hydrogen-bond donors (Lipinski definition) is 3. The Hall–Kier alpha value is -7.26. The van der Waals surface area contributed by atoms with Crippen LogP contribution in [0.3, 0.4) is 0 Å². The van der Waals surface area contributed by atoms with Crippen LogP contribution in [0.2, 0.25) is 0 Å². The molecule has 0 radical (unpaired) electrons. The van der Waals surface area contributed by atoms with Crippen molar-refractivity contribution in [3.8, 4) is 0 Å². The minimum Gasteiger partial charge on any atom is -0.379 e. The van der Waals surface area contributed by atoms with Crippen LogP contribution in [0.5, 0.6) is 0 Å². The van der Waals surface area contributed by atoms with Gasteiger partial charge in [-0.2, -0.15) is 26.3 Å². The van der Waals surface area contributed by atoms with E-state index in [9.17, 15) is 55.1 Å². The number of halogens is 8. The minimum absolute atomic E-state index is 0.0101. The van der Waals surface area contributed by atoms with Crippen molar-refractivity contribution in [2.45, 2.75) is 254 Å². The Morgan fingerprint density at radius 2 is 1.28 bits per heavy atom. The van der Waals surface area contributed by atoms with E-state index in [0.29, 0.717) is 44.9 Å². The number of rotatable bonds is 15. The molecule has 0 aromatic rings. The second-order valence-corrected chi connectivity index (χ2v) is 31.6. The smallest absolute Gasteiger partial charge is 0.379 e. The lowest BCUT2D eigenvalue weighted by Gasteiger charge is -2.46. The molecule has 0 aromatic carbocycles. The van der Waals surface area contributed by atoms with Crippen molar-refractivity contribution >= 4 is 70.9 Å². The van der Waals surface area contributed by atoms with Gasteiger partial charge in [0.25, 0.3) is 0 Å². The van der Waals surface area contributed by atoms with Crippen LogP contribution in [0.25, 0.3) is 0 Å². The lowest BCUT2D eigenvalue weighted by Crippen LogP contribution is -2.68. The lowest BCUT2D eigenvalue weighted by molar-refractivity contribution is -0.219.